The van der Waals surface area contributed by atoms with Crippen LogP contribution in [-0.2, 0) is 13.5 Å². The number of aromatic nitrogens is 2. The molecule has 0 bridgehead atoms. The lowest BCUT2D eigenvalue weighted by Gasteiger charge is -2.08. The van der Waals surface area contributed by atoms with Gasteiger partial charge in [0.15, 0.2) is 0 Å². The molecule has 4 nitrogen and oxygen atoms in total. The summed E-state index contributed by atoms with van der Waals surface area (Å²) in [6, 6.07) is 7.79. The van der Waals surface area contributed by atoms with Crippen LogP contribution in [0.5, 0.6) is 0 Å². The fraction of sp³-hybridized carbons (Fsp3) is 0.357. The maximum atomic E-state index is 11.8. The van der Waals surface area contributed by atoms with Crippen LogP contribution in [0.2, 0.25) is 0 Å². The molecule has 1 aromatic carbocycles. The Balaban J connectivity index is 1.86. The molecule has 18 heavy (non-hydrogen) atoms. The predicted molar refractivity (Wildman–Crippen MR) is 68.9 cm³/mol. The standard InChI is InChI=1S/C14H16N2O2/c1-15-8-9-16(13(15)17)12-4-2-11(3-5-12)10-14(18)6-7-14/h2-5,8-9,18H,6-7,10H2,1H3. The van der Waals surface area contributed by atoms with Crippen molar-refractivity contribution in [2.45, 2.75) is 24.9 Å². The number of hydrogen-bond donors (Lipinski definition) is 1. The van der Waals surface area contributed by atoms with Gasteiger partial charge in [-0.15, -0.1) is 0 Å². The van der Waals surface area contributed by atoms with Crippen LogP contribution < -0.4 is 5.69 Å². The minimum absolute atomic E-state index is 0.0522. The van der Waals surface area contributed by atoms with Gasteiger partial charge in [0.05, 0.1) is 11.3 Å². The summed E-state index contributed by atoms with van der Waals surface area (Å²) in [6.07, 6.45) is 5.99. The molecule has 0 aliphatic heterocycles. The lowest BCUT2D eigenvalue weighted by Crippen LogP contribution is -2.20. The summed E-state index contributed by atoms with van der Waals surface area (Å²) in [5.41, 5.74) is 1.45. The zero-order chi connectivity index (χ0) is 12.8. The number of imidazole rings is 1. The lowest BCUT2D eigenvalue weighted by molar-refractivity contribution is 0.151. The number of rotatable bonds is 3. The second-order valence-electron chi connectivity index (χ2n) is 5.13. The maximum absolute atomic E-state index is 11.8. The molecule has 1 aliphatic rings. The third-order valence-electron chi connectivity index (χ3n) is 3.52. The molecule has 3 rings (SSSR count). The smallest absolute Gasteiger partial charge is 0.332 e. The minimum Gasteiger partial charge on any atom is -0.390 e. The fourth-order valence-electron chi connectivity index (χ4n) is 2.14. The molecule has 0 atom stereocenters. The average molecular weight is 244 g/mol. The second kappa shape index (κ2) is 3.85. The number of aryl methyl sites for hydroxylation is 1. The number of nitrogens with zero attached hydrogens (tertiary/aromatic N) is 2. The van der Waals surface area contributed by atoms with Gasteiger partial charge >= 0.3 is 5.69 Å². The predicted octanol–water partition coefficient (Wildman–Crippen LogP) is 1.24. The highest BCUT2D eigenvalue weighted by Gasteiger charge is 2.39. The van der Waals surface area contributed by atoms with E-state index in [1.54, 1.807) is 28.6 Å². The Morgan fingerprint density at radius 2 is 1.89 bits per heavy atom. The molecule has 1 aliphatic carbocycles. The molecule has 1 aromatic heterocycles. The van der Waals surface area contributed by atoms with Crippen molar-refractivity contribution >= 4 is 0 Å². The summed E-state index contributed by atoms with van der Waals surface area (Å²) in [5, 5.41) is 9.86. The monoisotopic (exact) mass is 244 g/mol. The van der Waals surface area contributed by atoms with E-state index in [4.69, 9.17) is 0 Å². The van der Waals surface area contributed by atoms with E-state index in [0.717, 1.165) is 24.1 Å². The molecule has 0 unspecified atom stereocenters. The van der Waals surface area contributed by atoms with Gasteiger partial charge in [-0.25, -0.2) is 4.79 Å². The van der Waals surface area contributed by atoms with E-state index >= 15 is 0 Å². The van der Waals surface area contributed by atoms with Crippen LogP contribution in [-0.4, -0.2) is 19.8 Å². The van der Waals surface area contributed by atoms with Crippen LogP contribution >= 0.6 is 0 Å². The van der Waals surface area contributed by atoms with Gasteiger partial charge in [0, 0.05) is 25.9 Å². The molecule has 0 spiro atoms. The van der Waals surface area contributed by atoms with Crippen LogP contribution in [0.1, 0.15) is 18.4 Å². The first-order chi connectivity index (χ1) is 8.57. The molecule has 1 fully saturated rings. The molecule has 1 heterocycles. The van der Waals surface area contributed by atoms with E-state index in [1.807, 2.05) is 24.3 Å². The number of aliphatic hydroxyl groups is 1. The Labute approximate surface area is 105 Å². The zero-order valence-electron chi connectivity index (χ0n) is 10.3. The van der Waals surface area contributed by atoms with Gasteiger partial charge in [-0.2, -0.15) is 0 Å². The highest BCUT2D eigenvalue weighted by atomic mass is 16.3. The molecule has 94 valence electrons. The summed E-state index contributed by atoms with van der Waals surface area (Å²) in [4.78, 5) is 11.8. The van der Waals surface area contributed by atoms with Gasteiger partial charge in [-0.05, 0) is 30.5 Å². The zero-order valence-corrected chi connectivity index (χ0v) is 10.3. The molecule has 0 saturated heterocycles. The summed E-state index contributed by atoms with van der Waals surface area (Å²) in [7, 11) is 1.73. The Bertz CT molecular complexity index is 618. The maximum Gasteiger partial charge on any atom is 0.332 e. The summed E-state index contributed by atoms with van der Waals surface area (Å²) >= 11 is 0. The van der Waals surface area contributed by atoms with Gasteiger partial charge in [-0.3, -0.25) is 4.57 Å². The van der Waals surface area contributed by atoms with Gasteiger partial charge in [0.25, 0.3) is 0 Å². The second-order valence-corrected chi connectivity index (χ2v) is 5.13. The Morgan fingerprint density at radius 1 is 1.22 bits per heavy atom. The first-order valence-corrected chi connectivity index (χ1v) is 6.13. The van der Waals surface area contributed by atoms with Gasteiger partial charge in [-0.1, -0.05) is 12.1 Å². The minimum atomic E-state index is -0.467. The van der Waals surface area contributed by atoms with Gasteiger partial charge < -0.3 is 9.67 Å². The molecule has 1 saturated carbocycles. The molecule has 1 N–H and O–H groups in total. The number of hydrogen-bond acceptors (Lipinski definition) is 2. The molecule has 2 aromatic rings. The Kier molecular flexibility index (Phi) is 2.41. The van der Waals surface area contributed by atoms with Crippen molar-refractivity contribution in [3.05, 3.63) is 52.7 Å². The van der Waals surface area contributed by atoms with Crippen molar-refractivity contribution in [2.75, 3.05) is 0 Å². The fourth-order valence-corrected chi connectivity index (χ4v) is 2.14. The average Bonchev–Trinajstić information content (AvgIpc) is 2.99. The number of benzene rings is 1. The lowest BCUT2D eigenvalue weighted by atomic mass is 10.1. The van der Waals surface area contributed by atoms with Crippen molar-refractivity contribution in [2.24, 2.45) is 7.05 Å². The highest BCUT2D eigenvalue weighted by Crippen LogP contribution is 2.38. The van der Waals surface area contributed by atoms with Crippen LogP contribution in [0.15, 0.2) is 41.5 Å². The Morgan fingerprint density at radius 3 is 2.39 bits per heavy atom. The van der Waals surface area contributed by atoms with Crippen LogP contribution in [0.4, 0.5) is 0 Å². The van der Waals surface area contributed by atoms with Gasteiger partial charge in [0.2, 0.25) is 0 Å². The van der Waals surface area contributed by atoms with Crippen molar-refractivity contribution in [3.63, 3.8) is 0 Å². The van der Waals surface area contributed by atoms with E-state index in [9.17, 15) is 9.90 Å². The topological polar surface area (TPSA) is 47.2 Å². The third kappa shape index (κ3) is 1.99. The molecule has 0 radical (unpaired) electrons. The first kappa shape index (κ1) is 11.3. The highest BCUT2D eigenvalue weighted by molar-refractivity contribution is 5.35. The van der Waals surface area contributed by atoms with E-state index < -0.39 is 5.60 Å². The molecular formula is C14H16N2O2. The van der Waals surface area contributed by atoms with E-state index in [-0.39, 0.29) is 5.69 Å². The normalized spacial score (nSPS) is 16.8. The summed E-state index contributed by atoms with van der Waals surface area (Å²) < 4.78 is 3.15. The van der Waals surface area contributed by atoms with Crippen molar-refractivity contribution in [1.82, 2.24) is 9.13 Å². The van der Waals surface area contributed by atoms with Crippen molar-refractivity contribution in [1.29, 1.82) is 0 Å². The van der Waals surface area contributed by atoms with Crippen LogP contribution in [0.3, 0.4) is 0 Å². The molecular weight excluding hydrogens is 228 g/mol. The first-order valence-electron chi connectivity index (χ1n) is 6.13. The molecule has 0 amide bonds. The van der Waals surface area contributed by atoms with E-state index in [2.05, 4.69) is 0 Å². The Hall–Kier alpha value is -1.81. The van der Waals surface area contributed by atoms with Crippen LogP contribution in [0, 0.1) is 0 Å². The van der Waals surface area contributed by atoms with Crippen LogP contribution in [0.25, 0.3) is 5.69 Å². The van der Waals surface area contributed by atoms with Crippen molar-refractivity contribution < 1.29 is 5.11 Å². The molecule has 4 heteroatoms. The summed E-state index contributed by atoms with van der Waals surface area (Å²) in [6.45, 7) is 0. The van der Waals surface area contributed by atoms with E-state index in [0.29, 0.717) is 6.42 Å². The largest absolute Gasteiger partial charge is 0.390 e. The SMILES string of the molecule is Cn1ccn(-c2ccc(CC3(O)CC3)cc2)c1=O. The summed E-state index contributed by atoms with van der Waals surface area (Å²) in [5.74, 6) is 0. The van der Waals surface area contributed by atoms with Crippen molar-refractivity contribution in [3.8, 4) is 5.69 Å². The van der Waals surface area contributed by atoms with Gasteiger partial charge in [0.1, 0.15) is 0 Å². The third-order valence-corrected chi connectivity index (χ3v) is 3.52. The van der Waals surface area contributed by atoms with E-state index in [1.165, 1.54) is 0 Å². The quantitative estimate of drug-likeness (QED) is 0.883.